The minimum atomic E-state index is 0.285. The summed E-state index contributed by atoms with van der Waals surface area (Å²) in [7, 11) is 0. The first-order valence-electron chi connectivity index (χ1n) is 4.84. The molecule has 0 aromatic heterocycles. The van der Waals surface area contributed by atoms with Crippen LogP contribution in [0.5, 0.6) is 0 Å². The Morgan fingerprint density at radius 2 is 2.23 bits per heavy atom. The van der Waals surface area contributed by atoms with Crippen molar-refractivity contribution in [2.45, 2.75) is 25.7 Å². The average molecular weight is 171 g/mol. The third kappa shape index (κ3) is 1.45. The maximum absolute atomic E-state index is 8.75. The van der Waals surface area contributed by atoms with E-state index in [0.29, 0.717) is 5.92 Å². The number of hydrogen-bond donors (Lipinski definition) is 0. The second kappa shape index (κ2) is 3.22. The lowest BCUT2D eigenvalue weighted by Crippen LogP contribution is -1.90. The number of aryl methyl sites for hydroxylation is 1. The molecule has 0 saturated heterocycles. The smallest absolute Gasteiger partial charge is 0.0662 e. The summed E-state index contributed by atoms with van der Waals surface area (Å²) >= 11 is 0. The lowest BCUT2D eigenvalue weighted by Gasteiger charge is -2.04. The Morgan fingerprint density at radius 3 is 2.85 bits per heavy atom. The fourth-order valence-corrected chi connectivity index (χ4v) is 1.90. The van der Waals surface area contributed by atoms with Crippen molar-refractivity contribution in [1.82, 2.24) is 0 Å². The molecule has 1 fully saturated rings. The van der Waals surface area contributed by atoms with Gasteiger partial charge in [0.25, 0.3) is 0 Å². The molecule has 1 saturated carbocycles. The van der Waals surface area contributed by atoms with E-state index in [0.717, 1.165) is 12.8 Å². The van der Waals surface area contributed by atoms with Gasteiger partial charge < -0.3 is 0 Å². The zero-order valence-electron chi connectivity index (χ0n) is 7.83. The van der Waals surface area contributed by atoms with Crippen LogP contribution < -0.4 is 0 Å². The lowest BCUT2D eigenvalue weighted by molar-refractivity contribution is 0.977. The van der Waals surface area contributed by atoms with Gasteiger partial charge >= 0.3 is 0 Å². The molecule has 2 rings (SSSR count). The van der Waals surface area contributed by atoms with E-state index >= 15 is 0 Å². The highest BCUT2D eigenvalue weighted by Gasteiger charge is 2.39. The van der Waals surface area contributed by atoms with Crippen molar-refractivity contribution in [2.75, 3.05) is 0 Å². The first kappa shape index (κ1) is 8.31. The fourth-order valence-electron chi connectivity index (χ4n) is 1.90. The second-order valence-electron chi connectivity index (χ2n) is 3.63. The molecule has 66 valence electrons. The normalized spacial score (nSPS) is 25.2. The van der Waals surface area contributed by atoms with E-state index < -0.39 is 0 Å². The standard InChI is InChI=1S/C12H13N/c1-2-9-5-3-4-6-11(9)12-7-10(12)8-13/h3-6,10,12H,2,7H2,1H3/t10-,12+/m1/s1. The number of hydrogen-bond acceptors (Lipinski definition) is 1. The van der Waals surface area contributed by atoms with Gasteiger partial charge in [-0.05, 0) is 24.0 Å². The molecule has 0 radical (unpaired) electrons. The predicted octanol–water partition coefficient (Wildman–Crippen LogP) is 2.88. The Labute approximate surface area is 79.0 Å². The molecule has 0 spiro atoms. The van der Waals surface area contributed by atoms with Crippen LogP contribution in [0.3, 0.4) is 0 Å². The van der Waals surface area contributed by atoms with Crippen LogP contribution in [-0.2, 0) is 6.42 Å². The summed E-state index contributed by atoms with van der Waals surface area (Å²) in [6.07, 6.45) is 2.14. The Kier molecular flexibility index (Phi) is 2.06. The summed E-state index contributed by atoms with van der Waals surface area (Å²) in [6.45, 7) is 2.17. The van der Waals surface area contributed by atoms with Gasteiger partial charge in [0.05, 0.1) is 12.0 Å². The van der Waals surface area contributed by atoms with Gasteiger partial charge in [-0.2, -0.15) is 5.26 Å². The van der Waals surface area contributed by atoms with Crippen LogP contribution in [-0.4, -0.2) is 0 Å². The molecule has 2 atom stereocenters. The molecule has 1 aromatic carbocycles. The monoisotopic (exact) mass is 171 g/mol. The molecular weight excluding hydrogens is 158 g/mol. The Bertz CT molecular complexity index is 348. The van der Waals surface area contributed by atoms with Crippen LogP contribution in [0.25, 0.3) is 0 Å². The van der Waals surface area contributed by atoms with Gasteiger partial charge in [0.15, 0.2) is 0 Å². The van der Waals surface area contributed by atoms with E-state index in [4.69, 9.17) is 5.26 Å². The summed E-state index contributed by atoms with van der Waals surface area (Å²) < 4.78 is 0. The second-order valence-corrected chi connectivity index (χ2v) is 3.63. The molecule has 13 heavy (non-hydrogen) atoms. The van der Waals surface area contributed by atoms with Gasteiger partial charge in [-0.15, -0.1) is 0 Å². The first-order valence-corrected chi connectivity index (χ1v) is 4.84. The van der Waals surface area contributed by atoms with E-state index in [9.17, 15) is 0 Å². The van der Waals surface area contributed by atoms with Gasteiger partial charge in [0.2, 0.25) is 0 Å². The van der Waals surface area contributed by atoms with Crippen LogP contribution in [0.1, 0.15) is 30.4 Å². The number of nitriles is 1. The van der Waals surface area contributed by atoms with E-state index in [1.807, 2.05) is 0 Å². The largest absolute Gasteiger partial charge is 0.198 e. The predicted molar refractivity (Wildman–Crippen MR) is 52.3 cm³/mol. The van der Waals surface area contributed by atoms with E-state index in [1.165, 1.54) is 11.1 Å². The molecule has 1 aromatic rings. The molecule has 0 N–H and O–H groups in total. The minimum Gasteiger partial charge on any atom is -0.198 e. The Hall–Kier alpha value is -1.29. The number of benzene rings is 1. The van der Waals surface area contributed by atoms with Gasteiger partial charge in [-0.1, -0.05) is 31.2 Å². The van der Waals surface area contributed by atoms with Crippen molar-refractivity contribution in [1.29, 1.82) is 5.26 Å². The summed E-state index contributed by atoms with van der Waals surface area (Å²) in [6, 6.07) is 10.8. The molecule has 0 heterocycles. The number of rotatable bonds is 2. The average Bonchev–Trinajstić information content (AvgIpc) is 2.96. The van der Waals surface area contributed by atoms with Crippen molar-refractivity contribution < 1.29 is 0 Å². The summed E-state index contributed by atoms with van der Waals surface area (Å²) in [5.74, 6) is 0.814. The van der Waals surface area contributed by atoms with E-state index in [-0.39, 0.29) is 5.92 Å². The highest BCUT2D eigenvalue weighted by molar-refractivity contribution is 5.36. The van der Waals surface area contributed by atoms with Gasteiger partial charge in [-0.25, -0.2) is 0 Å². The molecule has 0 amide bonds. The molecule has 0 aliphatic heterocycles. The SMILES string of the molecule is CCc1ccccc1[C@H]1C[C@@H]1C#N. The van der Waals surface area contributed by atoms with E-state index in [2.05, 4.69) is 37.3 Å². The third-order valence-corrected chi connectivity index (χ3v) is 2.79. The van der Waals surface area contributed by atoms with Crippen LogP contribution in [0.4, 0.5) is 0 Å². The maximum Gasteiger partial charge on any atom is 0.0662 e. The summed E-state index contributed by atoms with van der Waals surface area (Å²) in [5, 5.41) is 8.75. The quantitative estimate of drug-likeness (QED) is 0.671. The van der Waals surface area contributed by atoms with Crippen molar-refractivity contribution >= 4 is 0 Å². The number of nitrogens with zero attached hydrogens (tertiary/aromatic N) is 1. The summed E-state index contributed by atoms with van der Waals surface area (Å²) in [4.78, 5) is 0. The Balaban J connectivity index is 2.26. The van der Waals surface area contributed by atoms with Crippen molar-refractivity contribution in [3.05, 3.63) is 35.4 Å². The highest BCUT2D eigenvalue weighted by atomic mass is 14.4. The third-order valence-electron chi connectivity index (χ3n) is 2.79. The van der Waals surface area contributed by atoms with Gasteiger partial charge in [0.1, 0.15) is 0 Å². The molecule has 1 heteroatoms. The molecule has 0 bridgehead atoms. The van der Waals surface area contributed by atoms with E-state index in [1.54, 1.807) is 0 Å². The topological polar surface area (TPSA) is 23.8 Å². The summed E-state index contributed by atoms with van der Waals surface area (Å²) in [5.41, 5.74) is 2.81. The van der Waals surface area contributed by atoms with Crippen molar-refractivity contribution in [3.8, 4) is 6.07 Å². The Morgan fingerprint density at radius 1 is 1.46 bits per heavy atom. The van der Waals surface area contributed by atoms with Gasteiger partial charge in [0, 0.05) is 5.92 Å². The van der Waals surface area contributed by atoms with Crippen LogP contribution >= 0.6 is 0 Å². The zero-order valence-corrected chi connectivity index (χ0v) is 7.83. The van der Waals surface area contributed by atoms with Crippen molar-refractivity contribution in [3.63, 3.8) is 0 Å². The van der Waals surface area contributed by atoms with Crippen LogP contribution in [0.15, 0.2) is 24.3 Å². The highest BCUT2D eigenvalue weighted by Crippen LogP contribution is 2.47. The first-order chi connectivity index (χ1) is 6.36. The van der Waals surface area contributed by atoms with Crippen LogP contribution in [0.2, 0.25) is 0 Å². The zero-order chi connectivity index (χ0) is 9.26. The molecule has 1 aliphatic rings. The molecule has 0 unspecified atom stereocenters. The minimum absolute atomic E-state index is 0.285. The maximum atomic E-state index is 8.75. The molecule has 1 nitrogen and oxygen atoms in total. The molecular formula is C12H13N. The fraction of sp³-hybridized carbons (Fsp3) is 0.417. The van der Waals surface area contributed by atoms with Crippen molar-refractivity contribution in [2.24, 2.45) is 5.92 Å². The molecule has 1 aliphatic carbocycles. The van der Waals surface area contributed by atoms with Gasteiger partial charge in [-0.3, -0.25) is 0 Å². The lowest BCUT2D eigenvalue weighted by atomic mass is 10.0. The van der Waals surface area contributed by atoms with Crippen LogP contribution in [0, 0.1) is 17.2 Å².